The highest BCUT2D eigenvalue weighted by atomic mass is 16.5. The summed E-state index contributed by atoms with van der Waals surface area (Å²) in [5, 5.41) is 21.4. The zero-order valence-corrected chi connectivity index (χ0v) is 18.3. The minimum absolute atomic E-state index is 0.284. The first-order chi connectivity index (χ1) is 12.4. The molecule has 0 saturated heterocycles. The van der Waals surface area contributed by atoms with Crippen LogP contribution in [0.5, 0.6) is 0 Å². The molecule has 2 N–H and O–H groups in total. The number of aliphatic hydroxyl groups is 2. The Kier molecular flexibility index (Phi) is 11.9. The first-order valence-electron chi connectivity index (χ1n) is 9.36. The highest BCUT2D eigenvalue weighted by Crippen LogP contribution is 2.34. The Morgan fingerprint density at radius 2 is 1.00 bits per heavy atom. The molecule has 0 aromatic heterocycles. The van der Waals surface area contributed by atoms with Gasteiger partial charge in [-0.3, -0.25) is 0 Å². The van der Waals surface area contributed by atoms with Crippen molar-refractivity contribution in [3.05, 3.63) is 0 Å². The maximum Gasteiger partial charge on any atom is 0.107 e. The van der Waals surface area contributed by atoms with Gasteiger partial charge in [0.2, 0.25) is 0 Å². The van der Waals surface area contributed by atoms with E-state index < -0.39 is 24.4 Å². The van der Waals surface area contributed by atoms with Crippen LogP contribution in [0.2, 0.25) is 0 Å². The molecule has 0 amide bonds. The minimum Gasteiger partial charge on any atom is -0.389 e. The third-order valence-electron chi connectivity index (χ3n) is 4.00. The molecule has 5 nitrogen and oxygen atoms in total. The second kappa shape index (κ2) is 12.4. The van der Waals surface area contributed by atoms with E-state index in [1.54, 1.807) is 14.2 Å². The Hall–Kier alpha value is -1.08. The van der Waals surface area contributed by atoms with Crippen LogP contribution in [0.1, 0.15) is 54.4 Å². The molecular formula is C22H38O5. The third-order valence-corrected chi connectivity index (χ3v) is 4.00. The zero-order chi connectivity index (χ0) is 21.1. The number of methoxy groups -OCH3 is 2. The lowest BCUT2D eigenvalue weighted by Gasteiger charge is -2.42. The van der Waals surface area contributed by atoms with Crippen LogP contribution in [-0.4, -0.2) is 62.1 Å². The van der Waals surface area contributed by atoms with Crippen molar-refractivity contribution < 1.29 is 24.4 Å². The lowest BCUT2D eigenvalue weighted by atomic mass is 9.81. The van der Waals surface area contributed by atoms with Gasteiger partial charge in [-0.2, -0.15) is 0 Å². The van der Waals surface area contributed by atoms with E-state index in [9.17, 15) is 10.2 Å². The molecule has 0 bridgehead atoms. The molecule has 0 saturated carbocycles. The van der Waals surface area contributed by atoms with Gasteiger partial charge in [-0.15, -0.1) is 0 Å². The summed E-state index contributed by atoms with van der Waals surface area (Å²) in [5.74, 6) is 11.6. The molecule has 5 heteroatoms. The Balaban J connectivity index is 5.34. The Bertz CT molecular complexity index is 473. The van der Waals surface area contributed by atoms with Gasteiger partial charge in [-0.05, 0) is 10.8 Å². The predicted molar refractivity (Wildman–Crippen MR) is 108 cm³/mol. The number of hydrogen-bond acceptors (Lipinski definition) is 5. The van der Waals surface area contributed by atoms with Crippen LogP contribution in [0, 0.1) is 34.5 Å². The fraction of sp³-hybridized carbons (Fsp3) is 0.818. The van der Waals surface area contributed by atoms with E-state index in [0.29, 0.717) is 13.2 Å². The lowest BCUT2D eigenvalue weighted by Crippen LogP contribution is -2.49. The first kappa shape index (κ1) is 25.9. The number of rotatable bonds is 8. The van der Waals surface area contributed by atoms with Gasteiger partial charge in [0.15, 0.2) is 0 Å². The number of hydrogen-bond donors (Lipinski definition) is 2. The van der Waals surface area contributed by atoms with Gasteiger partial charge >= 0.3 is 0 Å². The van der Waals surface area contributed by atoms with E-state index in [-0.39, 0.29) is 23.7 Å². The largest absolute Gasteiger partial charge is 0.389 e. The van der Waals surface area contributed by atoms with Crippen LogP contribution in [0.15, 0.2) is 0 Å². The summed E-state index contributed by atoms with van der Waals surface area (Å²) in [6.07, 6.45) is -1.95. The predicted octanol–water partition coefficient (Wildman–Crippen LogP) is 2.63. The van der Waals surface area contributed by atoms with Gasteiger partial charge in [0.1, 0.15) is 13.2 Å². The van der Waals surface area contributed by atoms with Crippen LogP contribution in [0.3, 0.4) is 0 Å². The summed E-state index contributed by atoms with van der Waals surface area (Å²) in [6.45, 7) is 12.7. The van der Waals surface area contributed by atoms with Crippen molar-refractivity contribution in [2.45, 2.75) is 78.8 Å². The molecule has 0 aliphatic rings. The van der Waals surface area contributed by atoms with Gasteiger partial charge in [0.25, 0.3) is 0 Å². The third kappa shape index (κ3) is 10.7. The summed E-state index contributed by atoms with van der Waals surface area (Å²) in [6, 6.07) is 0. The maximum atomic E-state index is 10.7. The summed E-state index contributed by atoms with van der Waals surface area (Å²) in [5.41, 5.74) is -0.652. The molecule has 0 heterocycles. The van der Waals surface area contributed by atoms with Crippen molar-refractivity contribution in [3.63, 3.8) is 0 Å². The summed E-state index contributed by atoms with van der Waals surface area (Å²) in [4.78, 5) is 0. The molecular weight excluding hydrogens is 344 g/mol. The average Bonchev–Trinajstić information content (AvgIpc) is 2.53. The van der Waals surface area contributed by atoms with E-state index in [1.807, 2.05) is 41.5 Å². The van der Waals surface area contributed by atoms with E-state index in [2.05, 4.69) is 23.7 Å². The lowest BCUT2D eigenvalue weighted by molar-refractivity contribution is -0.180. The van der Waals surface area contributed by atoms with Gasteiger partial charge in [0, 0.05) is 27.1 Å². The summed E-state index contributed by atoms with van der Waals surface area (Å²) < 4.78 is 16.1. The fourth-order valence-corrected chi connectivity index (χ4v) is 2.72. The second-order valence-corrected chi connectivity index (χ2v) is 8.83. The fourth-order valence-electron chi connectivity index (χ4n) is 2.72. The molecule has 4 unspecified atom stereocenters. The topological polar surface area (TPSA) is 68.2 Å². The van der Waals surface area contributed by atoms with Crippen molar-refractivity contribution in [2.24, 2.45) is 10.8 Å². The van der Waals surface area contributed by atoms with Crippen LogP contribution in [-0.2, 0) is 14.2 Å². The Labute approximate surface area is 165 Å². The summed E-state index contributed by atoms with van der Waals surface area (Å²) in [7, 11) is 3.16. The monoisotopic (exact) mass is 382 g/mol. The number of aliphatic hydroxyl groups excluding tert-OH is 2. The molecule has 0 aliphatic carbocycles. The molecule has 0 aromatic rings. The van der Waals surface area contributed by atoms with Crippen molar-refractivity contribution in [1.29, 1.82) is 0 Å². The molecule has 0 aliphatic heterocycles. The molecule has 0 aromatic carbocycles. The van der Waals surface area contributed by atoms with E-state index >= 15 is 0 Å². The molecule has 0 fully saturated rings. The van der Waals surface area contributed by atoms with E-state index in [1.165, 1.54) is 0 Å². The van der Waals surface area contributed by atoms with Crippen LogP contribution < -0.4 is 0 Å². The maximum absolute atomic E-state index is 10.7. The quantitative estimate of drug-likeness (QED) is 0.632. The highest BCUT2D eigenvalue weighted by Gasteiger charge is 2.40. The van der Waals surface area contributed by atoms with Crippen molar-refractivity contribution in [2.75, 3.05) is 27.4 Å². The summed E-state index contributed by atoms with van der Waals surface area (Å²) >= 11 is 0. The van der Waals surface area contributed by atoms with E-state index in [4.69, 9.17) is 14.2 Å². The Morgan fingerprint density at radius 3 is 1.26 bits per heavy atom. The SMILES string of the molecule is COCC#CCC(O)C(OC(C(O)CC#CCOC)C(C)(C)C)C(C)(C)C. The van der Waals surface area contributed by atoms with Crippen molar-refractivity contribution >= 4 is 0 Å². The normalized spacial score (nSPS) is 16.4. The van der Waals surface area contributed by atoms with Crippen molar-refractivity contribution in [3.8, 4) is 23.7 Å². The minimum atomic E-state index is -0.772. The van der Waals surface area contributed by atoms with Gasteiger partial charge < -0.3 is 24.4 Å². The molecule has 27 heavy (non-hydrogen) atoms. The molecule has 0 rings (SSSR count). The van der Waals surface area contributed by atoms with Crippen LogP contribution in [0.4, 0.5) is 0 Å². The molecule has 0 spiro atoms. The average molecular weight is 383 g/mol. The second-order valence-electron chi connectivity index (χ2n) is 8.83. The van der Waals surface area contributed by atoms with Gasteiger partial charge in [-0.25, -0.2) is 0 Å². The smallest absolute Gasteiger partial charge is 0.107 e. The standard InChI is InChI=1S/C22H38O5/c1-21(2,3)19(17(23)13-9-11-15-25-7)27-20(22(4,5)6)18(24)14-10-12-16-26-8/h17-20,23-24H,13-16H2,1-8H3. The highest BCUT2D eigenvalue weighted by molar-refractivity contribution is 5.04. The molecule has 156 valence electrons. The van der Waals surface area contributed by atoms with Crippen LogP contribution in [0.25, 0.3) is 0 Å². The molecule has 4 atom stereocenters. The molecule has 0 radical (unpaired) electrons. The number of ether oxygens (including phenoxy) is 3. The van der Waals surface area contributed by atoms with Gasteiger partial charge in [-0.1, -0.05) is 65.2 Å². The van der Waals surface area contributed by atoms with Crippen LogP contribution >= 0.6 is 0 Å². The zero-order valence-electron chi connectivity index (χ0n) is 18.3. The van der Waals surface area contributed by atoms with Crippen molar-refractivity contribution in [1.82, 2.24) is 0 Å². The Morgan fingerprint density at radius 1 is 0.667 bits per heavy atom. The van der Waals surface area contributed by atoms with Gasteiger partial charge in [0.05, 0.1) is 24.4 Å². The first-order valence-corrected chi connectivity index (χ1v) is 9.36. The van der Waals surface area contributed by atoms with E-state index in [0.717, 1.165) is 0 Å².